The number of anilines is 1. The van der Waals surface area contributed by atoms with Crippen molar-refractivity contribution in [3.8, 4) is 5.75 Å². The van der Waals surface area contributed by atoms with E-state index in [1.165, 1.54) is 36.8 Å². The van der Waals surface area contributed by atoms with Gasteiger partial charge in [0.2, 0.25) is 0 Å². The molecule has 0 unspecified atom stereocenters. The monoisotopic (exact) mass is 331 g/mol. The Hall–Kier alpha value is -2.35. The molecule has 22 heavy (non-hydrogen) atoms. The highest BCUT2D eigenvalue weighted by Gasteiger charge is 2.29. The van der Waals surface area contributed by atoms with Crippen LogP contribution in [0.25, 0.3) is 0 Å². The maximum atomic E-state index is 12.2. The molecular formula is C13H9ClF3N3O2. The second kappa shape index (κ2) is 6.61. The minimum absolute atomic E-state index is 0.00393. The number of aromatic nitrogens is 2. The molecule has 0 saturated heterocycles. The lowest BCUT2D eigenvalue weighted by Gasteiger charge is -2.14. The average Bonchev–Trinajstić information content (AvgIpc) is 2.46. The zero-order valence-corrected chi connectivity index (χ0v) is 11.6. The Morgan fingerprint density at radius 1 is 1.32 bits per heavy atom. The average molecular weight is 332 g/mol. The molecule has 116 valence electrons. The van der Waals surface area contributed by atoms with Crippen LogP contribution >= 0.6 is 11.6 Å². The molecule has 1 aromatic carbocycles. The lowest BCUT2D eigenvalue weighted by molar-refractivity contribution is -0.153. The molecule has 2 aromatic rings. The van der Waals surface area contributed by atoms with Crippen LogP contribution in [0.3, 0.4) is 0 Å². The Bertz CT molecular complexity index is 665. The van der Waals surface area contributed by atoms with Crippen molar-refractivity contribution >= 4 is 23.2 Å². The quantitative estimate of drug-likeness (QED) is 0.933. The highest BCUT2D eigenvalue weighted by molar-refractivity contribution is 6.31. The number of benzene rings is 1. The maximum absolute atomic E-state index is 12.2. The van der Waals surface area contributed by atoms with E-state index in [1.807, 2.05) is 0 Å². The number of ether oxygens (including phenoxy) is 1. The Labute approximate surface area is 128 Å². The summed E-state index contributed by atoms with van der Waals surface area (Å²) in [7, 11) is 0. The fourth-order valence-electron chi connectivity index (χ4n) is 1.49. The van der Waals surface area contributed by atoms with E-state index < -0.39 is 18.7 Å². The minimum Gasteiger partial charge on any atom is -0.482 e. The number of amides is 1. The van der Waals surface area contributed by atoms with E-state index in [9.17, 15) is 18.0 Å². The summed E-state index contributed by atoms with van der Waals surface area (Å²) in [5.41, 5.74) is 0.0108. The molecule has 0 atom stereocenters. The number of carbonyl (C=O) groups excluding carboxylic acids is 1. The van der Waals surface area contributed by atoms with E-state index in [2.05, 4.69) is 20.0 Å². The summed E-state index contributed by atoms with van der Waals surface area (Å²) in [5.74, 6) is -0.800. The highest BCUT2D eigenvalue weighted by Crippen LogP contribution is 2.30. The molecule has 0 aliphatic rings. The molecule has 0 saturated carbocycles. The van der Waals surface area contributed by atoms with Gasteiger partial charge in [-0.25, -0.2) is 4.98 Å². The van der Waals surface area contributed by atoms with Gasteiger partial charge >= 0.3 is 6.18 Å². The van der Waals surface area contributed by atoms with Crippen molar-refractivity contribution in [2.24, 2.45) is 0 Å². The number of hydrogen-bond donors (Lipinski definition) is 1. The van der Waals surface area contributed by atoms with Gasteiger partial charge in [0.1, 0.15) is 11.4 Å². The number of halogens is 4. The topological polar surface area (TPSA) is 64.1 Å². The molecule has 0 fully saturated rings. The lowest BCUT2D eigenvalue weighted by Crippen LogP contribution is -2.20. The van der Waals surface area contributed by atoms with Crippen molar-refractivity contribution in [3.05, 3.63) is 47.5 Å². The van der Waals surface area contributed by atoms with Gasteiger partial charge in [-0.05, 0) is 18.2 Å². The first-order valence-electron chi connectivity index (χ1n) is 5.91. The maximum Gasteiger partial charge on any atom is 0.422 e. The van der Waals surface area contributed by atoms with Crippen LogP contribution in [0.15, 0.2) is 36.8 Å². The van der Waals surface area contributed by atoms with Crippen LogP contribution in [0, 0.1) is 0 Å². The fourth-order valence-corrected chi connectivity index (χ4v) is 1.66. The van der Waals surface area contributed by atoms with Gasteiger partial charge in [-0.3, -0.25) is 9.78 Å². The molecule has 0 radical (unpaired) electrons. The van der Waals surface area contributed by atoms with Gasteiger partial charge in [0.05, 0.1) is 11.9 Å². The number of hydrogen-bond acceptors (Lipinski definition) is 4. The molecule has 0 spiro atoms. The third kappa shape index (κ3) is 4.59. The fraction of sp³-hybridized carbons (Fsp3) is 0.154. The lowest BCUT2D eigenvalue weighted by atomic mass is 10.2. The SMILES string of the molecule is O=C(Nc1cc(Cl)ccc1OCC(F)(F)F)c1cnccn1. The van der Waals surface area contributed by atoms with Crippen molar-refractivity contribution in [1.29, 1.82) is 0 Å². The first-order valence-corrected chi connectivity index (χ1v) is 6.29. The third-order valence-electron chi connectivity index (χ3n) is 2.38. The van der Waals surface area contributed by atoms with E-state index in [-0.39, 0.29) is 22.2 Å². The van der Waals surface area contributed by atoms with Crippen LogP contribution in [0.4, 0.5) is 18.9 Å². The molecule has 1 N–H and O–H groups in total. The Morgan fingerprint density at radius 3 is 2.73 bits per heavy atom. The van der Waals surface area contributed by atoms with Crippen LogP contribution in [-0.4, -0.2) is 28.7 Å². The summed E-state index contributed by atoms with van der Waals surface area (Å²) in [6.07, 6.45) is -0.579. The second-order valence-corrected chi connectivity index (χ2v) is 4.53. The number of nitrogens with zero attached hydrogens (tertiary/aromatic N) is 2. The Morgan fingerprint density at radius 2 is 2.09 bits per heavy atom. The first-order chi connectivity index (χ1) is 10.3. The van der Waals surface area contributed by atoms with Gasteiger partial charge in [0.25, 0.3) is 5.91 Å². The van der Waals surface area contributed by atoms with Crippen LogP contribution < -0.4 is 10.1 Å². The zero-order valence-electron chi connectivity index (χ0n) is 10.9. The predicted octanol–water partition coefficient (Wildman–Crippen LogP) is 3.32. The van der Waals surface area contributed by atoms with Crippen molar-refractivity contribution in [3.63, 3.8) is 0 Å². The smallest absolute Gasteiger partial charge is 0.422 e. The number of carbonyl (C=O) groups is 1. The largest absolute Gasteiger partial charge is 0.482 e. The molecule has 0 aliphatic carbocycles. The predicted molar refractivity (Wildman–Crippen MR) is 73.0 cm³/mol. The van der Waals surface area contributed by atoms with Crippen molar-refractivity contribution in [1.82, 2.24) is 9.97 Å². The van der Waals surface area contributed by atoms with Crippen molar-refractivity contribution in [2.75, 3.05) is 11.9 Å². The van der Waals surface area contributed by atoms with Crippen LogP contribution in [-0.2, 0) is 0 Å². The normalized spacial score (nSPS) is 11.1. The summed E-state index contributed by atoms with van der Waals surface area (Å²) in [6, 6.07) is 3.87. The van der Waals surface area contributed by atoms with E-state index >= 15 is 0 Å². The second-order valence-electron chi connectivity index (χ2n) is 4.09. The molecule has 1 heterocycles. The number of rotatable bonds is 4. The van der Waals surface area contributed by atoms with Crippen molar-refractivity contribution < 1.29 is 22.7 Å². The molecule has 1 aromatic heterocycles. The standard InChI is InChI=1S/C13H9ClF3N3O2/c14-8-1-2-11(22-7-13(15,16)17)9(5-8)20-12(21)10-6-18-3-4-19-10/h1-6H,7H2,(H,20,21). The zero-order chi connectivity index (χ0) is 16.2. The van der Waals surface area contributed by atoms with E-state index in [1.54, 1.807) is 0 Å². The van der Waals surface area contributed by atoms with Gasteiger partial charge in [0.15, 0.2) is 6.61 Å². The molecule has 0 aliphatic heterocycles. The van der Waals surface area contributed by atoms with Crippen molar-refractivity contribution in [2.45, 2.75) is 6.18 Å². The summed E-state index contributed by atoms with van der Waals surface area (Å²) in [4.78, 5) is 19.5. The molecule has 2 rings (SSSR count). The molecule has 9 heteroatoms. The highest BCUT2D eigenvalue weighted by atomic mass is 35.5. The summed E-state index contributed by atoms with van der Waals surface area (Å²) < 4.78 is 41.3. The van der Waals surface area contributed by atoms with Crippen LogP contribution in [0.1, 0.15) is 10.5 Å². The van der Waals surface area contributed by atoms with Gasteiger partial charge < -0.3 is 10.1 Å². The van der Waals surface area contributed by atoms with E-state index in [0.717, 1.165) is 0 Å². The van der Waals surface area contributed by atoms with E-state index in [0.29, 0.717) is 0 Å². The van der Waals surface area contributed by atoms with Gasteiger partial charge in [0, 0.05) is 17.4 Å². The summed E-state index contributed by atoms with van der Waals surface area (Å²) in [5, 5.41) is 2.62. The minimum atomic E-state index is -4.49. The molecule has 5 nitrogen and oxygen atoms in total. The van der Waals surface area contributed by atoms with Gasteiger partial charge in [-0.15, -0.1) is 0 Å². The van der Waals surface area contributed by atoms with E-state index in [4.69, 9.17) is 11.6 Å². The van der Waals surface area contributed by atoms with Gasteiger partial charge in [-0.1, -0.05) is 11.6 Å². The summed E-state index contributed by atoms with van der Waals surface area (Å²) in [6.45, 7) is -1.48. The Balaban J connectivity index is 2.18. The molecule has 1 amide bonds. The first kappa shape index (κ1) is 16.0. The van der Waals surface area contributed by atoms with Crippen LogP contribution in [0.5, 0.6) is 5.75 Å². The third-order valence-corrected chi connectivity index (χ3v) is 2.61. The molecule has 0 bridgehead atoms. The molecular weight excluding hydrogens is 323 g/mol. The van der Waals surface area contributed by atoms with Gasteiger partial charge in [-0.2, -0.15) is 13.2 Å². The number of alkyl halides is 3. The van der Waals surface area contributed by atoms with Crippen LogP contribution in [0.2, 0.25) is 5.02 Å². The summed E-state index contributed by atoms with van der Waals surface area (Å²) >= 11 is 5.78. The Kier molecular flexibility index (Phi) is 4.81. The number of nitrogens with one attached hydrogen (secondary N) is 1.